The maximum absolute atomic E-state index is 12.1. The van der Waals surface area contributed by atoms with E-state index in [-0.39, 0.29) is 12.3 Å². The summed E-state index contributed by atoms with van der Waals surface area (Å²) in [4.78, 5) is 9.98. The average molecular weight is 306 g/mol. The van der Waals surface area contributed by atoms with E-state index in [0.717, 1.165) is 29.2 Å². The van der Waals surface area contributed by atoms with E-state index < -0.39 is 7.60 Å². The van der Waals surface area contributed by atoms with Crippen LogP contribution in [0.5, 0.6) is 0 Å². The lowest BCUT2D eigenvalue weighted by Gasteiger charge is -2.17. The van der Waals surface area contributed by atoms with Gasteiger partial charge >= 0.3 is 7.60 Å². The molecule has 0 aliphatic carbocycles. The highest BCUT2D eigenvalue weighted by atomic mass is 31.2. The highest BCUT2D eigenvalue weighted by molar-refractivity contribution is 7.52. The largest absolute Gasteiger partial charge is 0.328 e. The average Bonchev–Trinajstić information content (AvgIpc) is 2.45. The zero-order valence-corrected chi connectivity index (χ0v) is 13.6. The summed E-state index contributed by atoms with van der Waals surface area (Å²) in [5.41, 5.74) is 1.09. The molecule has 2 aromatic rings. The molecule has 0 aromatic heterocycles. The van der Waals surface area contributed by atoms with Gasteiger partial charge in [-0.25, -0.2) is 0 Å². The molecule has 0 heterocycles. The van der Waals surface area contributed by atoms with E-state index in [2.05, 4.69) is 12.1 Å². The van der Waals surface area contributed by atoms with Gasteiger partial charge in [0, 0.05) is 0 Å². The van der Waals surface area contributed by atoms with Gasteiger partial charge in [-0.05, 0) is 36.1 Å². The fraction of sp³-hybridized carbons (Fsp3) is 0.412. The van der Waals surface area contributed by atoms with E-state index in [0.29, 0.717) is 6.42 Å². The topological polar surface area (TPSA) is 46.5 Å². The monoisotopic (exact) mass is 306 g/mol. The third-order valence-electron chi connectivity index (χ3n) is 3.58. The van der Waals surface area contributed by atoms with Crippen LogP contribution in [0.25, 0.3) is 10.8 Å². The summed E-state index contributed by atoms with van der Waals surface area (Å²) in [6.45, 7) is 3.89. The Hall–Kier alpha value is -1.15. The Morgan fingerprint density at radius 1 is 1.19 bits per heavy atom. The van der Waals surface area contributed by atoms with Crippen LogP contribution in [0.2, 0.25) is 0 Å². The molecule has 0 fully saturated rings. The molecule has 1 N–H and O–H groups in total. The van der Waals surface area contributed by atoms with E-state index in [4.69, 9.17) is 4.52 Å². The van der Waals surface area contributed by atoms with E-state index in [1.54, 1.807) is 0 Å². The molecule has 0 saturated carbocycles. The van der Waals surface area contributed by atoms with Gasteiger partial charge in [-0.15, -0.1) is 0 Å². The SMILES string of the molecule is CCCC(C)OP(=O)(O)CCc1cccc2ccccc12. The number of hydrogen-bond acceptors (Lipinski definition) is 2. The Balaban J connectivity index is 2.06. The summed E-state index contributed by atoms with van der Waals surface area (Å²) in [5.74, 6) is 0. The Morgan fingerprint density at radius 3 is 2.67 bits per heavy atom. The maximum Gasteiger partial charge on any atom is 0.328 e. The van der Waals surface area contributed by atoms with Gasteiger partial charge in [0.2, 0.25) is 0 Å². The molecule has 0 saturated heterocycles. The number of rotatable bonds is 7. The van der Waals surface area contributed by atoms with Gasteiger partial charge in [-0.3, -0.25) is 4.57 Å². The van der Waals surface area contributed by atoms with Crippen LogP contribution in [0.1, 0.15) is 32.3 Å². The van der Waals surface area contributed by atoms with Gasteiger partial charge in [0.1, 0.15) is 0 Å². The molecule has 0 spiro atoms. The summed E-state index contributed by atoms with van der Waals surface area (Å²) in [5, 5.41) is 2.30. The van der Waals surface area contributed by atoms with Crippen molar-refractivity contribution in [1.29, 1.82) is 0 Å². The van der Waals surface area contributed by atoms with E-state index in [9.17, 15) is 9.46 Å². The van der Waals surface area contributed by atoms with E-state index in [1.807, 2.05) is 44.2 Å². The number of benzene rings is 2. The molecule has 3 nitrogen and oxygen atoms in total. The Morgan fingerprint density at radius 2 is 1.90 bits per heavy atom. The van der Waals surface area contributed by atoms with Crippen LogP contribution in [-0.2, 0) is 15.5 Å². The van der Waals surface area contributed by atoms with Gasteiger partial charge in [0.25, 0.3) is 0 Å². The molecule has 0 radical (unpaired) electrons. The Kier molecular flexibility index (Phi) is 5.58. The molecular formula is C17H23O3P. The van der Waals surface area contributed by atoms with Crippen molar-refractivity contribution in [2.45, 2.75) is 39.2 Å². The molecule has 2 aromatic carbocycles. The summed E-state index contributed by atoms with van der Waals surface area (Å²) in [6.07, 6.45) is 2.30. The van der Waals surface area contributed by atoms with Gasteiger partial charge in [0.15, 0.2) is 0 Å². The molecule has 0 amide bonds. The lowest BCUT2D eigenvalue weighted by molar-refractivity contribution is 0.180. The fourth-order valence-electron chi connectivity index (χ4n) is 2.57. The zero-order valence-electron chi connectivity index (χ0n) is 12.7. The first-order valence-electron chi connectivity index (χ1n) is 7.48. The van der Waals surface area contributed by atoms with Crippen LogP contribution in [-0.4, -0.2) is 17.2 Å². The summed E-state index contributed by atoms with van der Waals surface area (Å²) in [7, 11) is -3.52. The van der Waals surface area contributed by atoms with Crippen molar-refractivity contribution in [3.63, 3.8) is 0 Å². The molecule has 4 heteroatoms. The first-order chi connectivity index (χ1) is 10.0. The standard InChI is InChI=1S/C17H23O3P/c1-3-7-14(2)20-21(18,19)13-12-16-10-6-9-15-8-4-5-11-17(15)16/h4-6,8-11,14H,3,7,12-13H2,1-2H3,(H,18,19). The molecule has 114 valence electrons. The minimum absolute atomic E-state index is 0.162. The smallest absolute Gasteiger partial charge is 0.324 e. The van der Waals surface area contributed by atoms with Crippen molar-refractivity contribution in [2.75, 3.05) is 6.16 Å². The van der Waals surface area contributed by atoms with Crippen molar-refractivity contribution in [3.05, 3.63) is 48.0 Å². The lowest BCUT2D eigenvalue weighted by Crippen LogP contribution is -2.08. The zero-order chi connectivity index (χ0) is 15.3. The molecule has 0 aliphatic rings. The van der Waals surface area contributed by atoms with E-state index in [1.165, 1.54) is 0 Å². The lowest BCUT2D eigenvalue weighted by atomic mass is 10.0. The summed E-state index contributed by atoms with van der Waals surface area (Å²) in [6, 6.07) is 14.1. The van der Waals surface area contributed by atoms with Crippen molar-refractivity contribution in [3.8, 4) is 0 Å². The van der Waals surface area contributed by atoms with Gasteiger partial charge in [-0.1, -0.05) is 55.8 Å². The second kappa shape index (κ2) is 7.22. The molecule has 2 rings (SSSR count). The molecule has 0 bridgehead atoms. The quantitative estimate of drug-likeness (QED) is 0.749. The van der Waals surface area contributed by atoms with Crippen molar-refractivity contribution >= 4 is 18.4 Å². The van der Waals surface area contributed by atoms with Crippen LogP contribution < -0.4 is 0 Å². The first-order valence-corrected chi connectivity index (χ1v) is 9.25. The second-order valence-corrected chi connectivity index (χ2v) is 7.39. The van der Waals surface area contributed by atoms with E-state index >= 15 is 0 Å². The number of aryl methyl sites for hydroxylation is 1. The highest BCUT2D eigenvalue weighted by Gasteiger charge is 2.22. The second-order valence-electron chi connectivity index (χ2n) is 5.45. The van der Waals surface area contributed by atoms with Gasteiger partial charge in [-0.2, -0.15) is 0 Å². The molecular weight excluding hydrogens is 283 g/mol. The number of fused-ring (bicyclic) bond motifs is 1. The molecule has 2 unspecified atom stereocenters. The molecule has 2 atom stereocenters. The Bertz CT molecular complexity index is 633. The van der Waals surface area contributed by atoms with Gasteiger partial charge in [0.05, 0.1) is 12.3 Å². The van der Waals surface area contributed by atoms with Crippen LogP contribution >= 0.6 is 7.60 Å². The van der Waals surface area contributed by atoms with Crippen molar-refractivity contribution in [1.82, 2.24) is 0 Å². The highest BCUT2D eigenvalue weighted by Crippen LogP contribution is 2.44. The third-order valence-corrected chi connectivity index (χ3v) is 5.06. The minimum Gasteiger partial charge on any atom is -0.324 e. The maximum atomic E-state index is 12.1. The number of hydrogen-bond donors (Lipinski definition) is 1. The van der Waals surface area contributed by atoms with Crippen molar-refractivity contribution in [2.24, 2.45) is 0 Å². The summed E-state index contributed by atoms with van der Waals surface area (Å²) >= 11 is 0. The normalized spacial score (nSPS) is 15.8. The Labute approximate surface area is 126 Å². The molecule has 21 heavy (non-hydrogen) atoms. The third kappa shape index (κ3) is 4.67. The summed E-state index contributed by atoms with van der Waals surface area (Å²) < 4.78 is 17.5. The van der Waals surface area contributed by atoms with Gasteiger partial charge < -0.3 is 9.42 Å². The predicted octanol–water partition coefficient (Wildman–Crippen LogP) is 4.77. The van der Waals surface area contributed by atoms with Crippen LogP contribution in [0, 0.1) is 0 Å². The first kappa shape index (κ1) is 16.2. The predicted molar refractivity (Wildman–Crippen MR) is 87.8 cm³/mol. The van der Waals surface area contributed by atoms with Crippen LogP contribution in [0.3, 0.4) is 0 Å². The van der Waals surface area contributed by atoms with Crippen LogP contribution in [0.4, 0.5) is 0 Å². The van der Waals surface area contributed by atoms with Crippen LogP contribution in [0.15, 0.2) is 42.5 Å². The minimum atomic E-state index is -3.52. The van der Waals surface area contributed by atoms with Crippen molar-refractivity contribution < 1.29 is 14.0 Å². The molecule has 0 aliphatic heterocycles. The fourth-order valence-corrected chi connectivity index (χ4v) is 3.86.